The van der Waals surface area contributed by atoms with Gasteiger partial charge < -0.3 is 9.80 Å². The van der Waals surface area contributed by atoms with E-state index < -0.39 is 0 Å². The molecule has 1 aliphatic rings. The summed E-state index contributed by atoms with van der Waals surface area (Å²) >= 11 is 0. The van der Waals surface area contributed by atoms with Crippen molar-refractivity contribution in [2.75, 3.05) is 16.5 Å². The Morgan fingerprint density at radius 2 is 1.67 bits per heavy atom. The highest BCUT2D eigenvalue weighted by molar-refractivity contribution is 5.82. The van der Waals surface area contributed by atoms with Gasteiger partial charge in [0, 0.05) is 17.9 Å². The van der Waals surface area contributed by atoms with Crippen molar-refractivity contribution in [3.05, 3.63) is 71.4 Å². The van der Waals surface area contributed by atoms with Crippen molar-refractivity contribution >= 4 is 17.2 Å². The van der Waals surface area contributed by atoms with Crippen LogP contribution in [0.3, 0.4) is 0 Å². The molecule has 4 rings (SSSR count). The second-order valence-corrected chi connectivity index (χ2v) is 7.80. The molecule has 0 spiro atoms. The Bertz CT molecular complexity index is 967. The van der Waals surface area contributed by atoms with Crippen molar-refractivity contribution in [3.8, 4) is 11.1 Å². The fraction of sp³-hybridized carbons (Fsp3) is 0.292. The van der Waals surface area contributed by atoms with Crippen LogP contribution in [0, 0.1) is 20.8 Å². The Labute approximate surface area is 162 Å². The second kappa shape index (κ2) is 6.73. The molecule has 1 aliphatic heterocycles. The number of hydrogen-bond acceptors (Lipinski definition) is 3. The van der Waals surface area contributed by atoms with Gasteiger partial charge in [-0.3, -0.25) is 0 Å². The van der Waals surface area contributed by atoms with Crippen LogP contribution in [0.15, 0.2) is 54.7 Å². The number of fused-ring (bicyclic) bond motifs is 1. The molecule has 138 valence electrons. The lowest BCUT2D eigenvalue weighted by Crippen LogP contribution is -2.33. The van der Waals surface area contributed by atoms with E-state index >= 15 is 0 Å². The van der Waals surface area contributed by atoms with E-state index in [0.29, 0.717) is 6.04 Å². The van der Waals surface area contributed by atoms with Crippen LogP contribution in [0.25, 0.3) is 11.1 Å². The molecule has 0 N–H and O–H groups in total. The number of hydrogen-bond donors (Lipinski definition) is 0. The Kier molecular flexibility index (Phi) is 4.39. The summed E-state index contributed by atoms with van der Waals surface area (Å²) in [5, 5.41) is 0. The zero-order valence-electron chi connectivity index (χ0n) is 16.8. The first-order valence-electron chi connectivity index (χ1n) is 9.63. The molecule has 0 saturated heterocycles. The lowest BCUT2D eigenvalue weighted by molar-refractivity contribution is 0.709. The van der Waals surface area contributed by atoms with Gasteiger partial charge in [0.25, 0.3) is 0 Å². The molecule has 0 unspecified atom stereocenters. The molecule has 1 aromatic heterocycles. The first kappa shape index (κ1) is 17.6. The quantitative estimate of drug-likeness (QED) is 0.573. The average Bonchev–Trinajstić information content (AvgIpc) is 3.01. The summed E-state index contributed by atoms with van der Waals surface area (Å²) in [5.74, 6) is 1.04. The Balaban J connectivity index is 1.79. The molecule has 2 heterocycles. The van der Waals surface area contributed by atoms with Crippen LogP contribution in [0.2, 0.25) is 0 Å². The van der Waals surface area contributed by atoms with Crippen LogP contribution in [0.4, 0.5) is 17.2 Å². The summed E-state index contributed by atoms with van der Waals surface area (Å²) in [7, 11) is 0. The Hall–Kier alpha value is -2.81. The maximum Gasteiger partial charge on any atom is 0.158 e. The van der Waals surface area contributed by atoms with Gasteiger partial charge in [-0.15, -0.1) is 0 Å². The molecule has 3 heteroatoms. The van der Waals surface area contributed by atoms with Crippen LogP contribution in [0.1, 0.15) is 30.5 Å². The predicted octanol–water partition coefficient (Wildman–Crippen LogP) is 6.00. The number of benzene rings is 2. The highest BCUT2D eigenvalue weighted by Crippen LogP contribution is 2.41. The molecule has 0 amide bonds. The minimum absolute atomic E-state index is 0.433. The predicted molar refractivity (Wildman–Crippen MR) is 115 cm³/mol. The average molecular weight is 358 g/mol. The van der Waals surface area contributed by atoms with Crippen molar-refractivity contribution in [2.45, 2.75) is 40.7 Å². The summed E-state index contributed by atoms with van der Waals surface area (Å²) in [6.07, 6.45) is 1.88. The van der Waals surface area contributed by atoms with Crippen LogP contribution in [0.5, 0.6) is 0 Å². The Morgan fingerprint density at radius 3 is 2.37 bits per heavy atom. The third-order valence-electron chi connectivity index (χ3n) is 5.37. The lowest BCUT2D eigenvalue weighted by atomic mass is 9.93. The largest absolute Gasteiger partial charge is 0.348 e. The van der Waals surface area contributed by atoms with E-state index in [0.717, 1.165) is 12.5 Å². The molecule has 0 bridgehead atoms. The van der Waals surface area contributed by atoms with Crippen molar-refractivity contribution < 1.29 is 0 Å². The summed E-state index contributed by atoms with van der Waals surface area (Å²) < 4.78 is 0. The van der Waals surface area contributed by atoms with Crippen molar-refractivity contribution in [1.29, 1.82) is 0 Å². The maximum absolute atomic E-state index is 4.68. The van der Waals surface area contributed by atoms with E-state index in [1.54, 1.807) is 0 Å². The van der Waals surface area contributed by atoms with Crippen LogP contribution in [-0.2, 0) is 0 Å². The van der Waals surface area contributed by atoms with Crippen molar-refractivity contribution in [2.24, 2.45) is 0 Å². The highest BCUT2D eigenvalue weighted by Gasteiger charge is 2.29. The standard InChI is InChI=1S/C24H27N3/c1-16(2)26-15-27(24-22(26)10-7-11-25-24)21-9-6-8-20(14-21)23-18(4)12-17(3)13-19(23)5/h6-14,16H,15H2,1-5H3. The van der Waals surface area contributed by atoms with Gasteiger partial charge in [0.1, 0.15) is 0 Å². The van der Waals surface area contributed by atoms with Crippen molar-refractivity contribution in [1.82, 2.24) is 4.98 Å². The normalized spacial score (nSPS) is 13.4. The first-order valence-corrected chi connectivity index (χ1v) is 9.63. The number of aryl methyl sites for hydroxylation is 3. The van der Waals surface area contributed by atoms with E-state index in [2.05, 4.69) is 91.9 Å². The number of pyridine rings is 1. The number of nitrogens with zero attached hydrogens (tertiary/aromatic N) is 3. The lowest BCUT2D eigenvalue weighted by Gasteiger charge is -2.25. The summed E-state index contributed by atoms with van der Waals surface area (Å²) in [4.78, 5) is 9.40. The van der Waals surface area contributed by atoms with Gasteiger partial charge >= 0.3 is 0 Å². The van der Waals surface area contributed by atoms with Crippen LogP contribution in [-0.4, -0.2) is 17.7 Å². The number of anilines is 3. The third-order valence-corrected chi connectivity index (χ3v) is 5.37. The molecule has 2 aromatic carbocycles. The third kappa shape index (κ3) is 3.08. The van der Waals surface area contributed by atoms with Gasteiger partial charge in [0.05, 0.1) is 12.4 Å². The van der Waals surface area contributed by atoms with Gasteiger partial charge in [-0.1, -0.05) is 29.8 Å². The minimum Gasteiger partial charge on any atom is -0.348 e. The molecule has 0 fully saturated rings. The second-order valence-electron chi connectivity index (χ2n) is 7.80. The van der Waals surface area contributed by atoms with Gasteiger partial charge in [-0.05, 0) is 81.1 Å². The SMILES string of the molecule is Cc1cc(C)c(-c2cccc(N3CN(C(C)C)c4cccnc43)c2)c(C)c1. The molecule has 0 radical (unpaired) electrons. The van der Waals surface area contributed by atoms with E-state index in [4.69, 9.17) is 0 Å². The minimum atomic E-state index is 0.433. The number of aromatic nitrogens is 1. The zero-order valence-corrected chi connectivity index (χ0v) is 16.8. The van der Waals surface area contributed by atoms with Gasteiger partial charge in [0.2, 0.25) is 0 Å². The van der Waals surface area contributed by atoms with Crippen LogP contribution >= 0.6 is 0 Å². The van der Waals surface area contributed by atoms with E-state index in [-0.39, 0.29) is 0 Å². The Morgan fingerprint density at radius 1 is 0.926 bits per heavy atom. The van der Waals surface area contributed by atoms with E-state index in [1.165, 1.54) is 39.2 Å². The van der Waals surface area contributed by atoms with Gasteiger partial charge in [-0.2, -0.15) is 0 Å². The molecule has 0 aliphatic carbocycles. The van der Waals surface area contributed by atoms with E-state index in [9.17, 15) is 0 Å². The fourth-order valence-electron chi connectivity index (χ4n) is 4.23. The first-order chi connectivity index (χ1) is 13.0. The molecule has 0 atom stereocenters. The summed E-state index contributed by atoms with van der Waals surface area (Å²) in [6.45, 7) is 11.9. The van der Waals surface area contributed by atoms with Crippen LogP contribution < -0.4 is 9.80 Å². The summed E-state index contributed by atoms with van der Waals surface area (Å²) in [6, 6.07) is 18.0. The smallest absolute Gasteiger partial charge is 0.158 e. The number of rotatable bonds is 3. The summed E-state index contributed by atoms with van der Waals surface area (Å²) in [5.41, 5.74) is 8.97. The fourth-order valence-corrected chi connectivity index (χ4v) is 4.23. The monoisotopic (exact) mass is 357 g/mol. The molecule has 3 aromatic rings. The topological polar surface area (TPSA) is 19.4 Å². The highest BCUT2D eigenvalue weighted by atomic mass is 15.4. The zero-order chi connectivity index (χ0) is 19.1. The molecule has 3 nitrogen and oxygen atoms in total. The molecule has 27 heavy (non-hydrogen) atoms. The maximum atomic E-state index is 4.68. The molecular weight excluding hydrogens is 330 g/mol. The van der Waals surface area contributed by atoms with Crippen molar-refractivity contribution in [3.63, 3.8) is 0 Å². The van der Waals surface area contributed by atoms with Gasteiger partial charge in [0.15, 0.2) is 5.82 Å². The molecular formula is C24H27N3. The van der Waals surface area contributed by atoms with Gasteiger partial charge in [-0.25, -0.2) is 4.98 Å². The van der Waals surface area contributed by atoms with E-state index in [1.807, 2.05) is 12.3 Å². The molecule has 0 saturated carbocycles.